The van der Waals surface area contributed by atoms with Crippen LogP contribution in [0.2, 0.25) is 0 Å². The van der Waals surface area contributed by atoms with Crippen molar-refractivity contribution in [2.75, 3.05) is 7.11 Å². The molecule has 0 aromatic heterocycles. The van der Waals surface area contributed by atoms with Gasteiger partial charge in [-0.15, -0.1) is 0 Å². The smallest absolute Gasteiger partial charge is 0.189 e. The van der Waals surface area contributed by atoms with Gasteiger partial charge in [0.2, 0.25) is 0 Å². The first-order chi connectivity index (χ1) is 8.31. The second kappa shape index (κ2) is 6.09. The summed E-state index contributed by atoms with van der Waals surface area (Å²) in [5, 5.41) is 3.12. The Morgan fingerprint density at radius 2 is 2.11 bits per heavy atom. The summed E-state index contributed by atoms with van der Waals surface area (Å²) >= 11 is 3.43. The van der Waals surface area contributed by atoms with Crippen molar-refractivity contribution in [3.8, 4) is 5.75 Å². The Bertz CT molecular complexity index is 438. The molecule has 5 heteroatoms. The summed E-state index contributed by atoms with van der Waals surface area (Å²) in [7, 11) is 1.65. The maximum atomic E-state index is 5.82. The van der Waals surface area contributed by atoms with Crippen molar-refractivity contribution in [2.24, 2.45) is 10.7 Å². The van der Waals surface area contributed by atoms with Crippen molar-refractivity contribution in [3.05, 3.63) is 28.2 Å². The Balaban J connectivity index is 2.79. The van der Waals surface area contributed by atoms with Crippen LogP contribution in [0.25, 0.3) is 0 Å². The number of hydrogen-bond acceptors (Lipinski definition) is 2. The predicted octanol–water partition coefficient (Wildman–Crippen LogP) is 2.66. The predicted molar refractivity (Wildman–Crippen MR) is 78.9 cm³/mol. The number of ether oxygens (including phenoxy) is 1. The van der Waals surface area contributed by atoms with Gasteiger partial charge >= 0.3 is 0 Å². The maximum absolute atomic E-state index is 5.82. The molecule has 0 spiro atoms. The number of rotatable bonds is 3. The number of guanidine groups is 1. The number of benzene rings is 1. The molecule has 0 aliphatic heterocycles. The first kappa shape index (κ1) is 14.8. The molecule has 0 heterocycles. The summed E-state index contributed by atoms with van der Waals surface area (Å²) in [4.78, 5) is 4.31. The highest BCUT2D eigenvalue weighted by Gasteiger charge is 2.10. The fourth-order valence-corrected chi connectivity index (χ4v) is 1.87. The first-order valence-electron chi connectivity index (χ1n) is 5.72. The average molecular weight is 314 g/mol. The van der Waals surface area contributed by atoms with E-state index in [4.69, 9.17) is 10.5 Å². The van der Waals surface area contributed by atoms with Crippen LogP contribution in [0.3, 0.4) is 0 Å². The molecule has 0 bridgehead atoms. The normalized spacial score (nSPS) is 12.4. The Morgan fingerprint density at radius 3 is 2.67 bits per heavy atom. The van der Waals surface area contributed by atoms with Crippen molar-refractivity contribution < 1.29 is 4.74 Å². The summed E-state index contributed by atoms with van der Waals surface area (Å²) < 4.78 is 6.28. The minimum absolute atomic E-state index is 0.0884. The van der Waals surface area contributed by atoms with E-state index < -0.39 is 0 Å². The van der Waals surface area contributed by atoms with E-state index in [9.17, 15) is 0 Å². The Morgan fingerprint density at radius 1 is 1.44 bits per heavy atom. The Labute approximate surface area is 117 Å². The molecular formula is C13H20BrN3O. The lowest BCUT2D eigenvalue weighted by atomic mass is 10.1. The zero-order valence-electron chi connectivity index (χ0n) is 11.2. The van der Waals surface area contributed by atoms with Crippen LogP contribution in [-0.2, 0) is 6.54 Å². The van der Waals surface area contributed by atoms with Crippen LogP contribution in [0.5, 0.6) is 5.75 Å². The second-order valence-corrected chi connectivity index (χ2v) is 5.95. The lowest BCUT2D eigenvalue weighted by Crippen LogP contribution is -2.44. The lowest BCUT2D eigenvalue weighted by molar-refractivity contribution is 0.409. The van der Waals surface area contributed by atoms with Gasteiger partial charge in [0, 0.05) is 15.6 Å². The molecule has 4 nitrogen and oxygen atoms in total. The van der Waals surface area contributed by atoms with E-state index in [1.165, 1.54) is 0 Å². The van der Waals surface area contributed by atoms with Gasteiger partial charge in [0.25, 0.3) is 0 Å². The van der Waals surface area contributed by atoms with Gasteiger partial charge < -0.3 is 15.8 Å². The molecule has 1 aromatic carbocycles. The number of hydrogen-bond donors (Lipinski definition) is 2. The van der Waals surface area contributed by atoms with Gasteiger partial charge in [-0.1, -0.05) is 15.9 Å². The lowest BCUT2D eigenvalue weighted by Gasteiger charge is -2.21. The van der Waals surface area contributed by atoms with Gasteiger partial charge in [-0.3, -0.25) is 0 Å². The zero-order chi connectivity index (χ0) is 13.8. The SMILES string of the molecule is COc1ccc(Br)cc1CN=C(N)NC(C)(C)C. The van der Waals surface area contributed by atoms with Crippen LogP contribution >= 0.6 is 15.9 Å². The number of nitrogens with two attached hydrogens (primary N) is 1. The quantitative estimate of drug-likeness (QED) is 0.666. The molecular weight excluding hydrogens is 294 g/mol. The van der Waals surface area contributed by atoms with Gasteiger partial charge in [-0.25, -0.2) is 4.99 Å². The molecule has 18 heavy (non-hydrogen) atoms. The molecule has 1 rings (SSSR count). The van der Waals surface area contributed by atoms with Gasteiger partial charge in [0.15, 0.2) is 5.96 Å². The van der Waals surface area contributed by atoms with E-state index in [0.29, 0.717) is 12.5 Å². The molecule has 0 saturated heterocycles. The number of nitrogens with one attached hydrogen (secondary N) is 1. The summed E-state index contributed by atoms with van der Waals surface area (Å²) in [6.45, 7) is 6.59. The van der Waals surface area contributed by atoms with Crippen LogP contribution in [0.1, 0.15) is 26.3 Å². The van der Waals surface area contributed by atoms with E-state index >= 15 is 0 Å². The van der Waals surface area contributed by atoms with Crippen LogP contribution in [-0.4, -0.2) is 18.6 Å². The van der Waals surface area contributed by atoms with Crippen LogP contribution < -0.4 is 15.8 Å². The summed E-state index contributed by atoms with van der Waals surface area (Å²) in [5.41, 5.74) is 6.73. The number of nitrogens with zero attached hydrogens (tertiary/aromatic N) is 1. The Kier molecular flexibility index (Phi) is 5.02. The molecule has 0 aliphatic carbocycles. The van der Waals surface area contributed by atoms with Gasteiger partial charge in [-0.05, 0) is 39.0 Å². The molecule has 0 radical (unpaired) electrons. The molecule has 100 valence electrons. The van der Waals surface area contributed by atoms with E-state index in [-0.39, 0.29) is 5.54 Å². The highest BCUT2D eigenvalue weighted by atomic mass is 79.9. The van der Waals surface area contributed by atoms with E-state index in [1.54, 1.807) is 7.11 Å². The average Bonchev–Trinajstić information content (AvgIpc) is 2.24. The highest BCUT2D eigenvalue weighted by molar-refractivity contribution is 9.10. The van der Waals surface area contributed by atoms with E-state index in [1.807, 2.05) is 39.0 Å². The topological polar surface area (TPSA) is 59.6 Å². The van der Waals surface area contributed by atoms with Crippen LogP contribution in [0.4, 0.5) is 0 Å². The van der Waals surface area contributed by atoms with Crippen molar-refractivity contribution in [1.82, 2.24) is 5.32 Å². The maximum Gasteiger partial charge on any atom is 0.189 e. The molecule has 0 atom stereocenters. The third-order valence-corrected chi connectivity index (χ3v) is 2.66. The van der Waals surface area contributed by atoms with Crippen molar-refractivity contribution >= 4 is 21.9 Å². The fourth-order valence-electron chi connectivity index (χ4n) is 1.46. The van der Waals surface area contributed by atoms with Crippen LogP contribution in [0, 0.1) is 0 Å². The fraction of sp³-hybridized carbons (Fsp3) is 0.462. The minimum atomic E-state index is -0.0884. The zero-order valence-corrected chi connectivity index (χ0v) is 12.8. The molecule has 0 saturated carbocycles. The van der Waals surface area contributed by atoms with Crippen molar-refractivity contribution in [3.63, 3.8) is 0 Å². The molecule has 0 unspecified atom stereocenters. The minimum Gasteiger partial charge on any atom is -0.496 e. The number of aliphatic imine (C=N–C) groups is 1. The van der Waals surface area contributed by atoms with Crippen LogP contribution in [0.15, 0.2) is 27.7 Å². The molecule has 0 fully saturated rings. The Hall–Kier alpha value is -1.23. The van der Waals surface area contributed by atoms with E-state index in [2.05, 4.69) is 26.2 Å². The summed E-state index contributed by atoms with van der Waals surface area (Å²) in [5.74, 6) is 1.25. The third-order valence-electron chi connectivity index (χ3n) is 2.17. The second-order valence-electron chi connectivity index (χ2n) is 5.03. The summed E-state index contributed by atoms with van der Waals surface area (Å²) in [6, 6.07) is 5.82. The van der Waals surface area contributed by atoms with Gasteiger partial charge in [-0.2, -0.15) is 0 Å². The number of halogens is 1. The van der Waals surface area contributed by atoms with Gasteiger partial charge in [0.05, 0.1) is 13.7 Å². The monoisotopic (exact) mass is 313 g/mol. The molecule has 0 amide bonds. The van der Waals surface area contributed by atoms with Crippen molar-refractivity contribution in [1.29, 1.82) is 0 Å². The summed E-state index contributed by atoms with van der Waals surface area (Å²) in [6.07, 6.45) is 0. The van der Waals surface area contributed by atoms with E-state index in [0.717, 1.165) is 15.8 Å². The molecule has 1 aromatic rings. The first-order valence-corrected chi connectivity index (χ1v) is 6.51. The van der Waals surface area contributed by atoms with Crippen molar-refractivity contribution in [2.45, 2.75) is 32.9 Å². The van der Waals surface area contributed by atoms with Gasteiger partial charge in [0.1, 0.15) is 5.75 Å². The third kappa shape index (κ3) is 4.96. The molecule has 0 aliphatic rings. The largest absolute Gasteiger partial charge is 0.496 e. The highest BCUT2D eigenvalue weighted by Crippen LogP contribution is 2.23. The number of methoxy groups -OCH3 is 1. The standard InChI is InChI=1S/C13H20BrN3O/c1-13(2,3)17-12(15)16-8-9-7-10(14)5-6-11(9)18-4/h5-7H,8H2,1-4H3,(H3,15,16,17). The molecule has 3 N–H and O–H groups in total.